The number of halogens is 1. The Morgan fingerprint density at radius 2 is 1.97 bits per heavy atom. The van der Waals surface area contributed by atoms with Gasteiger partial charge in [0, 0.05) is 17.5 Å². The Bertz CT molecular complexity index is 1350. The van der Waals surface area contributed by atoms with E-state index in [4.69, 9.17) is 0 Å². The normalized spacial score (nSPS) is 11.2. The number of rotatable bonds is 4. The molecule has 0 aliphatic carbocycles. The first-order valence-corrected chi connectivity index (χ1v) is 9.13. The number of fused-ring (bicyclic) bond motifs is 2. The Morgan fingerprint density at radius 1 is 1.07 bits per heavy atom. The van der Waals surface area contributed by atoms with Crippen molar-refractivity contribution >= 4 is 33.5 Å². The average Bonchev–Trinajstić information content (AvgIpc) is 3.35. The van der Waals surface area contributed by atoms with E-state index in [0.717, 1.165) is 16.4 Å². The fourth-order valence-electron chi connectivity index (χ4n) is 3.40. The van der Waals surface area contributed by atoms with Crippen molar-refractivity contribution in [2.75, 3.05) is 5.32 Å². The molecular weight excluding hydrogens is 369 g/mol. The average molecular weight is 385 g/mol. The first-order chi connectivity index (χ1) is 14.2. The first kappa shape index (κ1) is 17.1. The first-order valence-electron chi connectivity index (χ1n) is 9.13. The van der Waals surface area contributed by atoms with Gasteiger partial charge in [-0.25, -0.2) is 9.37 Å². The Hall–Kier alpha value is -4.00. The standard InChI is InChI=1S/C22H16FN5O/c23-17-7-2-1-4-13(17)10-20-26-18-9-8-15(11-19(18)27-20)25-22(29)16-6-3-5-14-12-24-28-21(14)16/h1-9,11-12H,10H2,(H,24,28)(H,25,29)(H,26,27). The molecule has 2 aromatic heterocycles. The van der Waals surface area contributed by atoms with Gasteiger partial charge in [-0.2, -0.15) is 5.10 Å². The van der Waals surface area contributed by atoms with Gasteiger partial charge in [-0.1, -0.05) is 30.3 Å². The summed E-state index contributed by atoms with van der Waals surface area (Å²) < 4.78 is 13.9. The molecule has 0 aliphatic heterocycles. The van der Waals surface area contributed by atoms with Crippen molar-refractivity contribution in [2.24, 2.45) is 0 Å². The molecule has 0 aliphatic rings. The molecule has 3 aromatic carbocycles. The second-order valence-electron chi connectivity index (χ2n) is 6.78. The molecule has 0 atom stereocenters. The number of para-hydroxylation sites is 1. The molecule has 0 unspecified atom stereocenters. The molecule has 5 rings (SSSR count). The van der Waals surface area contributed by atoms with E-state index in [9.17, 15) is 9.18 Å². The van der Waals surface area contributed by atoms with E-state index in [1.165, 1.54) is 6.07 Å². The molecule has 0 saturated heterocycles. The number of imidazole rings is 1. The molecule has 5 aromatic rings. The van der Waals surface area contributed by atoms with E-state index in [2.05, 4.69) is 25.5 Å². The highest BCUT2D eigenvalue weighted by Gasteiger charge is 2.13. The lowest BCUT2D eigenvalue weighted by Gasteiger charge is -2.06. The number of amides is 1. The molecule has 1 amide bonds. The third-order valence-corrected chi connectivity index (χ3v) is 4.83. The van der Waals surface area contributed by atoms with Crippen LogP contribution in [0.15, 0.2) is 66.9 Å². The van der Waals surface area contributed by atoms with Gasteiger partial charge in [0.25, 0.3) is 5.91 Å². The van der Waals surface area contributed by atoms with Gasteiger partial charge >= 0.3 is 0 Å². The number of hydrogen-bond donors (Lipinski definition) is 3. The monoisotopic (exact) mass is 385 g/mol. The van der Waals surface area contributed by atoms with E-state index >= 15 is 0 Å². The summed E-state index contributed by atoms with van der Waals surface area (Å²) in [4.78, 5) is 20.4. The number of benzene rings is 3. The van der Waals surface area contributed by atoms with Crippen LogP contribution in [0.3, 0.4) is 0 Å². The third kappa shape index (κ3) is 3.23. The molecule has 0 spiro atoms. The summed E-state index contributed by atoms with van der Waals surface area (Å²) in [5.74, 6) is 0.176. The molecule has 0 fully saturated rings. The molecule has 0 bridgehead atoms. The highest BCUT2D eigenvalue weighted by atomic mass is 19.1. The highest BCUT2D eigenvalue weighted by Crippen LogP contribution is 2.21. The minimum atomic E-state index is -0.256. The zero-order chi connectivity index (χ0) is 19.8. The molecule has 6 nitrogen and oxygen atoms in total. The number of nitrogens with zero attached hydrogens (tertiary/aromatic N) is 2. The number of aromatic nitrogens is 4. The van der Waals surface area contributed by atoms with Crippen LogP contribution in [0.25, 0.3) is 21.9 Å². The summed E-state index contributed by atoms with van der Waals surface area (Å²) in [5.41, 5.74) is 3.96. The molecule has 29 heavy (non-hydrogen) atoms. The number of aromatic amines is 2. The summed E-state index contributed by atoms with van der Waals surface area (Å²) in [5, 5.41) is 10.6. The van der Waals surface area contributed by atoms with Gasteiger partial charge in [-0.05, 0) is 35.9 Å². The van der Waals surface area contributed by atoms with E-state index in [-0.39, 0.29) is 11.7 Å². The van der Waals surface area contributed by atoms with E-state index in [0.29, 0.717) is 34.6 Å². The second kappa shape index (κ2) is 6.87. The van der Waals surface area contributed by atoms with Crippen LogP contribution in [0.1, 0.15) is 21.7 Å². The summed E-state index contributed by atoms with van der Waals surface area (Å²) in [6.45, 7) is 0. The maximum atomic E-state index is 13.9. The molecule has 3 N–H and O–H groups in total. The maximum absolute atomic E-state index is 13.9. The van der Waals surface area contributed by atoms with Crippen LogP contribution in [0.2, 0.25) is 0 Å². The fourth-order valence-corrected chi connectivity index (χ4v) is 3.40. The minimum absolute atomic E-state index is 0.231. The topological polar surface area (TPSA) is 86.5 Å². The lowest BCUT2D eigenvalue weighted by atomic mass is 10.1. The van der Waals surface area contributed by atoms with Crippen molar-refractivity contribution in [3.63, 3.8) is 0 Å². The smallest absolute Gasteiger partial charge is 0.257 e. The molecule has 0 saturated carbocycles. The molecule has 2 heterocycles. The van der Waals surface area contributed by atoms with E-state index in [1.807, 2.05) is 24.3 Å². The van der Waals surface area contributed by atoms with Crippen molar-refractivity contribution in [3.8, 4) is 0 Å². The van der Waals surface area contributed by atoms with Gasteiger partial charge in [0.2, 0.25) is 0 Å². The summed E-state index contributed by atoms with van der Waals surface area (Å²) in [7, 11) is 0. The number of hydrogen-bond acceptors (Lipinski definition) is 3. The van der Waals surface area contributed by atoms with Crippen molar-refractivity contribution in [2.45, 2.75) is 6.42 Å². The Labute approximate surface area is 164 Å². The zero-order valence-corrected chi connectivity index (χ0v) is 15.2. The lowest BCUT2D eigenvalue weighted by molar-refractivity contribution is 0.102. The van der Waals surface area contributed by atoms with Gasteiger partial charge < -0.3 is 10.3 Å². The van der Waals surface area contributed by atoms with Gasteiger partial charge in [-0.15, -0.1) is 0 Å². The number of anilines is 1. The second-order valence-corrected chi connectivity index (χ2v) is 6.78. The van der Waals surface area contributed by atoms with Crippen LogP contribution in [0.4, 0.5) is 10.1 Å². The summed E-state index contributed by atoms with van der Waals surface area (Å²) in [6.07, 6.45) is 2.05. The van der Waals surface area contributed by atoms with Crippen molar-refractivity contribution in [3.05, 3.63) is 89.6 Å². The van der Waals surface area contributed by atoms with E-state index < -0.39 is 0 Å². The molecule has 142 valence electrons. The Kier molecular flexibility index (Phi) is 4.05. The quantitative estimate of drug-likeness (QED) is 0.428. The number of carbonyl (C=O) groups excluding carboxylic acids is 1. The van der Waals surface area contributed by atoms with Crippen molar-refractivity contribution < 1.29 is 9.18 Å². The van der Waals surface area contributed by atoms with E-state index in [1.54, 1.807) is 36.5 Å². The summed E-state index contributed by atoms with van der Waals surface area (Å²) in [6, 6.07) is 17.5. The molecule has 0 radical (unpaired) electrons. The highest BCUT2D eigenvalue weighted by molar-refractivity contribution is 6.12. The largest absolute Gasteiger partial charge is 0.342 e. The van der Waals surface area contributed by atoms with Crippen LogP contribution < -0.4 is 5.32 Å². The van der Waals surface area contributed by atoms with Crippen molar-refractivity contribution in [1.29, 1.82) is 0 Å². The number of H-pyrrole nitrogens is 2. The van der Waals surface area contributed by atoms with Crippen molar-refractivity contribution in [1.82, 2.24) is 20.2 Å². The van der Waals surface area contributed by atoms with Crippen LogP contribution in [-0.2, 0) is 6.42 Å². The lowest BCUT2D eigenvalue weighted by Crippen LogP contribution is -2.12. The van der Waals surface area contributed by atoms with Crippen LogP contribution in [0, 0.1) is 5.82 Å². The predicted molar refractivity (Wildman–Crippen MR) is 109 cm³/mol. The van der Waals surface area contributed by atoms with Crippen LogP contribution in [0.5, 0.6) is 0 Å². The van der Waals surface area contributed by atoms with Crippen LogP contribution in [-0.4, -0.2) is 26.1 Å². The predicted octanol–water partition coefficient (Wildman–Crippen LogP) is 4.42. The van der Waals surface area contributed by atoms with Gasteiger partial charge in [-0.3, -0.25) is 9.89 Å². The Morgan fingerprint density at radius 3 is 2.86 bits per heavy atom. The van der Waals surface area contributed by atoms with Gasteiger partial charge in [0.05, 0.1) is 28.3 Å². The molecular formula is C22H16FN5O. The molecule has 7 heteroatoms. The number of nitrogens with one attached hydrogen (secondary N) is 3. The minimum Gasteiger partial charge on any atom is -0.342 e. The summed E-state index contributed by atoms with van der Waals surface area (Å²) >= 11 is 0. The third-order valence-electron chi connectivity index (χ3n) is 4.83. The zero-order valence-electron chi connectivity index (χ0n) is 15.2. The SMILES string of the molecule is O=C(Nc1ccc2nc(Cc3ccccc3F)[nH]c2c1)c1cccc2cn[nH]c12. The Balaban J connectivity index is 1.41. The fraction of sp³-hybridized carbons (Fsp3) is 0.0455. The van der Waals surface area contributed by atoms with Gasteiger partial charge in [0.15, 0.2) is 0 Å². The van der Waals surface area contributed by atoms with Gasteiger partial charge in [0.1, 0.15) is 11.6 Å². The van der Waals surface area contributed by atoms with Crippen LogP contribution >= 0.6 is 0 Å². The number of carbonyl (C=O) groups is 1. The maximum Gasteiger partial charge on any atom is 0.257 e.